The minimum atomic E-state index is -4.52. The number of nitrogens with zero attached hydrogens (tertiary/aromatic N) is 5. The molecule has 1 amide bonds. The topological polar surface area (TPSA) is 77.6 Å². The molecule has 3 rings (SSSR count). The van der Waals surface area contributed by atoms with Crippen LogP contribution in [0, 0.1) is 5.41 Å². The molecule has 0 atom stereocenters. The number of halogens is 3. The Morgan fingerprint density at radius 1 is 1.26 bits per heavy atom. The summed E-state index contributed by atoms with van der Waals surface area (Å²) >= 11 is 0. The van der Waals surface area contributed by atoms with Crippen LogP contribution in [0.3, 0.4) is 0 Å². The Bertz CT molecular complexity index is 996. The van der Waals surface area contributed by atoms with Gasteiger partial charge in [0.1, 0.15) is 11.2 Å². The Hall–Kier alpha value is -2.91. The molecule has 0 saturated heterocycles. The van der Waals surface area contributed by atoms with Gasteiger partial charge in [-0.15, -0.1) is 0 Å². The van der Waals surface area contributed by atoms with Gasteiger partial charge < -0.3 is 0 Å². The van der Waals surface area contributed by atoms with Gasteiger partial charge in [-0.1, -0.05) is 20.8 Å². The molecule has 0 aliphatic carbocycles. The maximum Gasteiger partial charge on any atom is 0.417 e. The van der Waals surface area contributed by atoms with Gasteiger partial charge in [-0.05, 0) is 17.5 Å². The lowest BCUT2D eigenvalue weighted by Crippen LogP contribution is -2.22. The predicted molar refractivity (Wildman–Crippen MR) is 93.1 cm³/mol. The molecule has 0 spiro atoms. The summed E-state index contributed by atoms with van der Waals surface area (Å²) in [5, 5.41) is 6.59. The number of fused-ring (bicyclic) bond motifs is 1. The van der Waals surface area contributed by atoms with E-state index in [0.717, 1.165) is 12.3 Å². The van der Waals surface area contributed by atoms with Gasteiger partial charge >= 0.3 is 6.18 Å². The number of anilines is 1. The van der Waals surface area contributed by atoms with Crippen molar-refractivity contribution in [3.8, 4) is 0 Å². The highest BCUT2D eigenvalue weighted by Gasteiger charge is 2.32. The SMILES string of the molecule is Cn1nccc1C(=O)Nc1nc2cc(C(F)(F)F)cnc2n1CC(C)(C)C. The van der Waals surface area contributed by atoms with Gasteiger partial charge in [0, 0.05) is 26.0 Å². The fraction of sp³-hybridized carbons (Fsp3) is 0.412. The van der Waals surface area contributed by atoms with Crippen molar-refractivity contribution in [1.29, 1.82) is 0 Å². The summed E-state index contributed by atoms with van der Waals surface area (Å²) in [6.45, 7) is 6.31. The van der Waals surface area contributed by atoms with Crippen molar-refractivity contribution in [3.63, 3.8) is 0 Å². The zero-order valence-electron chi connectivity index (χ0n) is 15.3. The van der Waals surface area contributed by atoms with E-state index < -0.39 is 17.6 Å². The van der Waals surface area contributed by atoms with Crippen LogP contribution in [-0.4, -0.2) is 30.2 Å². The summed E-state index contributed by atoms with van der Waals surface area (Å²) < 4.78 is 42.0. The van der Waals surface area contributed by atoms with Gasteiger partial charge in [0.15, 0.2) is 5.65 Å². The van der Waals surface area contributed by atoms with Gasteiger partial charge in [-0.2, -0.15) is 18.3 Å². The highest BCUT2D eigenvalue weighted by molar-refractivity contribution is 6.02. The highest BCUT2D eigenvalue weighted by atomic mass is 19.4. The number of pyridine rings is 1. The third-order valence-electron chi connectivity index (χ3n) is 3.82. The summed E-state index contributed by atoms with van der Waals surface area (Å²) in [6.07, 6.45) is -2.27. The van der Waals surface area contributed by atoms with Gasteiger partial charge in [-0.25, -0.2) is 9.97 Å². The summed E-state index contributed by atoms with van der Waals surface area (Å²) in [4.78, 5) is 20.6. The van der Waals surface area contributed by atoms with Crippen molar-refractivity contribution < 1.29 is 18.0 Å². The third kappa shape index (κ3) is 3.93. The molecule has 3 aromatic heterocycles. The molecular formula is C17H19F3N6O. The van der Waals surface area contributed by atoms with Crippen LogP contribution >= 0.6 is 0 Å². The summed E-state index contributed by atoms with van der Waals surface area (Å²) in [6, 6.07) is 2.47. The Morgan fingerprint density at radius 3 is 2.52 bits per heavy atom. The molecule has 0 radical (unpaired) electrons. The maximum absolute atomic E-state index is 13.0. The number of carbonyl (C=O) groups is 1. The van der Waals surface area contributed by atoms with Gasteiger partial charge in [0.2, 0.25) is 5.95 Å². The number of imidazole rings is 1. The number of hydrogen-bond acceptors (Lipinski definition) is 4. The molecule has 0 fully saturated rings. The molecule has 0 aromatic carbocycles. The molecule has 3 aromatic rings. The largest absolute Gasteiger partial charge is 0.417 e. The number of rotatable bonds is 3. The summed E-state index contributed by atoms with van der Waals surface area (Å²) in [7, 11) is 1.62. The van der Waals surface area contributed by atoms with Crippen molar-refractivity contribution in [2.75, 3.05) is 5.32 Å². The van der Waals surface area contributed by atoms with Crippen LogP contribution in [0.4, 0.5) is 19.1 Å². The van der Waals surface area contributed by atoms with Crippen molar-refractivity contribution in [2.24, 2.45) is 12.5 Å². The molecule has 1 N–H and O–H groups in total. The van der Waals surface area contributed by atoms with E-state index in [1.807, 2.05) is 20.8 Å². The first-order chi connectivity index (χ1) is 12.5. The van der Waals surface area contributed by atoms with E-state index in [2.05, 4.69) is 20.4 Å². The molecule has 0 bridgehead atoms. The lowest BCUT2D eigenvalue weighted by molar-refractivity contribution is -0.137. The number of aryl methyl sites for hydroxylation is 1. The average molecular weight is 380 g/mol. The van der Waals surface area contributed by atoms with Crippen molar-refractivity contribution >= 4 is 23.0 Å². The molecule has 3 heterocycles. The number of nitrogens with one attached hydrogen (secondary N) is 1. The van der Waals surface area contributed by atoms with E-state index in [0.29, 0.717) is 12.2 Å². The van der Waals surface area contributed by atoms with Crippen LogP contribution in [-0.2, 0) is 19.8 Å². The third-order valence-corrected chi connectivity index (χ3v) is 3.82. The van der Waals surface area contributed by atoms with E-state index in [-0.39, 0.29) is 22.5 Å². The Morgan fingerprint density at radius 2 is 1.96 bits per heavy atom. The van der Waals surface area contributed by atoms with Gasteiger partial charge in [-0.3, -0.25) is 19.4 Å². The van der Waals surface area contributed by atoms with Crippen LogP contribution in [0.25, 0.3) is 11.2 Å². The second kappa shape index (κ2) is 6.36. The minimum Gasteiger partial charge on any atom is -0.294 e. The van der Waals surface area contributed by atoms with Crippen molar-refractivity contribution in [1.82, 2.24) is 24.3 Å². The molecule has 144 valence electrons. The van der Waals surface area contributed by atoms with E-state index in [9.17, 15) is 18.0 Å². The Balaban J connectivity index is 2.07. The van der Waals surface area contributed by atoms with E-state index in [1.54, 1.807) is 11.6 Å². The first-order valence-corrected chi connectivity index (χ1v) is 8.18. The molecule has 0 aliphatic rings. The summed E-state index contributed by atoms with van der Waals surface area (Å²) in [5.74, 6) is -0.325. The Kier molecular flexibility index (Phi) is 4.44. The van der Waals surface area contributed by atoms with Crippen LogP contribution in [0.5, 0.6) is 0 Å². The van der Waals surface area contributed by atoms with Crippen LogP contribution in [0.2, 0.25) is 0 Å². The molecule has 7 nitrogen and oxygen atoms in total. The van der Waals surface area contributed by atoms with Gasteiger partial charge in [0.05, 0.1) is 5.56 Å². The first kappa shape index (κ1) is 18.9. The zero-order chi connectivity index (χ0) is 20.0. The molecule has 0 unspecified atom stereocenters. The molecule has 27 heavy (non-hydrogen) atoms. The lowest BCUT2D eigenvalue weighted by atomic mass is 9.97. The van der Waals surface area contributed by atoms with Crippen LogP contribution in [0.1, 0.15) is 36.8 Å². The normalized spacial score (nSPS) is 12.6. The van der Waals surface area contributed by atoms with Gasteiger partial charge in [0.25, 0.3) is 5.91 Å². The first-order valence-electron chi connectivity index (χ1n) is 8.18. The molecule has 0 aliphatic heterocycles. The van der Waals surface area contributed by atoms with Crippen molar-refractivity contribution in [3.05, 3.63) is 35.8 Å². The molecular weight excluding hydrogens is 361 g/mol. The number of carbonyl (C=O) groups excluding carboxylic acids is 1. The van der Waals surface area contributed by atoms with E-state index in [1.165, 1.54) is 16.9 Å². The smallest absolute Gasteiger partial charge is 0.294 e. The lowest BCUT2D eigenvalue weighted by Gasteiger charge is -2.20. The number of amides is 1. The fourth-order valence-electron chi connectivity index (χ4n) is 2.65. The van der Waals surface area contributed by atoms with E-state index >= 15 is 0 Å². The van der Waals surface area contributed by atoms with Crippen molar-refractivity contribution in [2.45, 2.75) is 33.5 Å². The number of aromatic nitrogens is 5. The Labute approximate surface area is 153 Å². The highest BCUT2D eigenvalue weighted by Crippen LogP contribution is 2.32. The second-order valence-electron chi connectivity index (χ2n) is 7.44. The maximum atomic E-state index is 13.0. The average Bonchev–Trinajstić information content (AvgIpc) is 3.09. The monoisotopic (exact) mass is 380 g/mol. The van der Waals surface area contributed by atoms with Crippen LogP contribution < -0.4 is 5.32 Å². The number of alkyl halides is 3. The zero-order valence-corrected chi connectivity index (χ0v) is 15.3. The predicted octanol–water partition coefficient (Wildman–Crippen LogP) is 3.48. The van der Waals surface area contributed by atoms with E-state index in [4.69, 9.17) is 0 Å². The minimum absolute atomic E-state index is 0.0642. The quantitative estimate of drug-likeness (QED) is 0.755. The molecule has 10 heteroatoms. The standard InChI is InChI=1S/C17H19F3N6O/c1-16(2,3)9-26-13-11(7-10(8-21-13)17(18,19)20)23-15(26)24-14(27)12-5-6-22-25(12)4/h5-8H,9H2,1-4H3,(H,23,24,27). The molecule has 0 saturated carbocycles. The fourth-order valence-corrected chi connectivity index (χ4v) is 2.65. The van der Waals surface area contributed by atoms with Crippen LogP contribution in [0.15, 0.2) is 24.5 Å². The summed E-state index contributed by atoms with van der Waals surface area (Å²) in [5.41, 5.74) is -0.467. The second-order valence-corrected chi connectivity index (χ2v) is 7.44. The number of hydrogen-bond donors (Lipinski definition) is 1.